The molecule has 1 aromatic rings. The van der Waals surface area contributed by atoms with E-state index in [1.54, 1.807) is 0 Å². The number of benzene rings is 1. The van der Waals surface area contributed by atoms with E-state index in [-0.39, 0.29) is 11.9 Å². The van der Waals surface area contributed by atoms with E-state index >= 15 is 0 Å². The molecule has 1 aliphatic rings. The fourth-order valence-electron chi connectivity index (χ4n) is 1.82. The largest absolute Gasteiger partial charge is 0.430 e. The number of terminal acetylenes is 1. The van der Waals surface area contributed by atoms with Gasteiger partial charge in [0.05, 0.1) is 5.92 Å². The molecule has 0 N–H and O–H groups in total. The first kappa shape index (κ1) is 10.5. The van der Waals surface area contributed by atoms with Crippen LogP contribution in [0.2, 0.25) is 0 Å². The number of hydrogen-bond donors (Lipinski definition) is 0. The van der Waals surface area contributed by atoms with Crippen molar-refractivity contribution in [3.05, 3.63) is 47.7 Å². The Balaban J connectivity index is 2.05. The van der Waals surface area contributed by atoms with Crippen molar-refractivity contribution in [2.45, 2.75) is 12.8 Å². The summed E-state index contributed by atoms with van der Waals surface area (Å²) in [6, 6.07) is 9.91. The molecular formula is C14H12O2. The maximum absolute atomic E-state index is 11.5. The summed E-state index contributed by atoms with van der Waals surface area (Å²) in [6.07, 6.45) is 7.97. The third-order valence-corrected chi connectivity index (χ3v) is 2.58. The molecule has 2 rings (SSSR count). The van der Waals surface area contributed by atoms with Crippen LogP contribution in [0.1, 0.15) is 12.0 Å². The first-order chi connectivity index (χ1) is 7.79. The second kappa shape index (κ2) is 4.67. The summed E-state index contributed by atoms with van der Waals surface area (Å²) in [5.74, 6) is 2.71. The molecule has 80 valence electrons. The van der Waals surface area contributed by atoms with Gasteiger partial charge in [-0.1, -0.05) is 36.3 Å². The van der Waals surface area contributed by atoms with Gasteiger partial charge in [-0.25, -0.2) is 0 Å². The second-order valence-corrected chi connectivity index (χ2v) is 3.79. The molecule has 2 nitrogen and oxygen atoms in total. The smallest absolute Gasteiger partial charge is 0.314 e. The van der Waals surface area contributed by atoms with E-state index in [1.165, 1.54) is 6.08 Å². The summed E-state index contributed by atoms with van der Waals surface area (Å²) in [5, 5.41) is 0. The van der Waals surface area contributed by atoms with Gasteiger partial charge in [0.2, 0.25) is 0 Å². The molecule has 0 aromatic heterocycles. The van der Waals surface area contributed by atoms with Gasteiger partial charge in [0.1, 0.15) is 5.76 Å². The summed E-state index contributed by atoms with van der Waals surface area (Å²) in [5.41, 5.74) is 1.14. The van der Waals surface area contributed by atoms with Crippen molar-refractivity contribution in [3.8, 4) is 12.3 Å². The minimum atomic E-state index is -0.176. The van der Waals surface area contributed by atoms with Crippen LogP contribution >= 0.6 is 0 Å². The normalized spacial score (nSPS) is 21.8. The first-order valence-corrected chi connectivity index (χ1v) is 5.20. The SMILES string of the molecule is C#C/C=C1\CC(Cc2ccccc2)C(=O)O1. The Morgan fingerprint density at radius 2 is 2.19 bits per heavy atom. The number of hydrogen-bond acceptors (Lipinski definition) is 2. The highest BCUT2D eigenvalue weighted by Gasteiger charge is 2.30. The number of carbonyl (C=O) groups excluding carboxylic acids is 1. The van der Waals surface area contributed by atoms with E-state index in [4.69, 9.17) is 11.2 Å². The number of rotatable bonds is 2. The minimum absolute atomic E-state index is 0.0954. The zero-order chi connectivity index (χ0) is 11.4. The average molecular weight is 212 g/mol. The predicted molar refractivity (Wildman–Crippen MR) is 61.3 cm³/mol. The number of allylic oxidation sites excluding steroid dienone is 2. The monoisotopic (exact) mass is 212 g/mol. The Bertz CT molecular complexity index is 451. The quantitative estimate of drug-likeness (QED) is 0.555. The minimum Gasteiger partial charge on any atom is -0.430 e. The molecule has 1 heterocycles. The van der Waals surface area contributed by atoms with Crippen LogP contribution in [0.3, 0.4) is 0 Å². The van der Waals surface area contributed by atoms with Crippen LogP contribution in [0.4, 0.5) is 0 Å². The lowest BCUT2D eigenvalue weighted by Gasteiger charge is -2.03. The molecule has 0 radical (unpaired) electrons. The van der Waals surface area contributed by atoms with Gasteiger partial charge in [0.25, 0.3) is 0 Å². The molecule has 0 aliphatic carbocycles. The molecule has 16 heavy (non-hydrogen) atoms. The highest BCUT2D eigenvalue weighted by atomic mass is 16.5. The number of ether oxygens (including phenoxy) is 1. The highest BCUT2D eigenvalue weighted by Crippen LogP contribution is 2.27. The first-order valence-electron chi connectivity index (χ1n) is 5.20. The number of esters is 1. The van der Waals surface area contributed by atoms with E-state index < -0.39 is 0 Å². The summed E-state index contributed by atoms with van der Waals surface area (Å²) in [6.45, 7) is 0. The van der Waals surface area contributed by atoms with Gasteiger partial charge in [-0.05, 0) is 12.0 Å². The molecule has 1 saturated heterocycles. The van der Waals surface area contributed by atoms with Crippen LogP contribution in [-0.4, -0.2) is 5.97 Å². The van der Waals surface area contributed by atoms with E-state index in [2.05, 4.69) is 5.92 Å². The average Bonchev–Trinajstić information content (AvgIpc) is 2.61. The number of carbonyl (C=O) groups is 1. The molecule has 2 heteroatoms. The second-order valence-electron chi connectivity index (χ2n) is 3.79. The molecule has 0 bridgehead atoms. The van der Waals surface area contributed by atoms with E-state index in [1.807, 2.05) is 30.3 Å². The lowest BCUT2D eigenvalue weighted by molar-refractivity contribution is -0.139. The molecular weight excluding hydrogens is 200 g/mol. The Morgan fingerprint density at radius 3 is 2.88 bits per heavy atom. The van der Waals surface area contributed by atoms with E-state index in [9.17, 15) is 4.79 Å². The summed E-state index contributed by atoms with van der Waals surface area (Å²) < 4.78 is 5.07. The molecule has 0 amide bonds. The van der Waals surface area contributed by atoms with Gasteiger partial charge in [0.15, 0.2) is 0 Å². The zero-order valence-electron chi connectivity index (χ0n) is 8.85. The maximum Gasteiger partial charge on any atom is 0.314 e. The van der Waals surface area contributed by atoms with Crippen molar-refractivity contribution in [3.63, 3.8) is 0 Å². The number of cyclic esters (lactones) is 1. The van der Waals surface area contributed by atoms with Crippen LogP contribution in [0.5, 0.6) is 0 Å². The topological polar surface area (TPSA) is 26.3 Å². The molecule has 1 fully saturated rings. The fourth-order valence-corrected chi connectivity index (χ4v) is 1.82. The Labute approximate surface area is 94.9 Å². The van der Waals surface area contributed by atoms with E-state index in [0.717, 1.165) is 5.56 Å². The van der Waals surface area contributed by atoms with Gasteiger partial charge in [-0.2, -0.15) is 0 Å². The van der Waals surface area contributed by atoms with Crippen molar-refractivity contribution in [2.75, 3.05) is 0 Å². The van der Waals surface area contributed by atoms with Crippen LogP contribution in [0.15, 0.2) is 42.2 Å². The summed E-state index contributed by atoms with van der Waals surface area (Å²) >= 11 is 0. The van der Waals surface area contributed by atoms with Crippen LogP contribution < -0.4 is 0 Å². The van der Waals surface area contributed by atoms with Gasteiger partial charge in [0, 0.05) is 12.5 Å². The van der Waals surface area contributed by atoms with Crippen molar-refractivity contribution < 1.29 is 9.53 Å². The van der Waals surface area contributed by atoms with Gasteiger partial charge in [-0.3, -0.25) is 4.79 Å². The predicted octanol–water partition coefficient (Wildman–Crippen LogP) is 2.31. The summed E-state index contributed by atoms with van der Waals surface area (Å²) in [4.78, 5) is 11.5. The third-order valence-electron chi connectivity index (χ3n) is 2.58. The van der Waals surface area contributed by atoms with Gasteiger partial charge in [-0.15, -0.1) is 6.42 Å². The Hall–Kier alpha value is -2.01. The lowest BCUT2D eigenvalue weighted by Crippen LogP contribution is -2.10. The Kier molecular flexibility index (Phi) is 3.07. The van der Waals surface area contributed by atoms with Gasteiger partial charge < -0.3 is 4.74 Å². The van der Waals surface area contributed by atoms with Crippen LogP contribution in [0, 0.1) is 18.3 Å². The fraction of sp³-hybridized carbons (Fsp3) is 0.214. The van der Waals surface area contributed by atoms with Crippen LogP contribution in [-0.2, 0) is 16.0 Å². The Morgan fingerprint density at radius 1 is 1.44 bits per heavy atom. The molecule has 1 aromatic carbocycles. The molecule has 1 aliphatic heterocycles. The van der Waals surface area contributed by atoms with Crippen molar-refractivity contribution >= 4 is 5.97 Å². The van der Waals surface area contributed by atoms with Gasteiger partial charge >= 0.3 is 5.97 Å². The highest BCUT2D eigenvalue weighted by molar-refractivity contribution is 5.77. The van der Waals surface area contributed by atoms with E-state index in [0.29, 0.717) is 18.6 Å². The lowest BCUT2D eigenvalue weighted by atomic mass is 9.97. The van der Waals surface area contributed by atoms with Crippen molar-refractivity contribution in [1.29, 1.82) is 0 Å². The molecule has 0 spiro atoms. The molecule has 1 atom stereocenters. The summed E-state index contributed by atoms with van der Waals surface area (Å²) in [7, 11) is 0. The molecule has 1 unspecified atom stereocenters. The van der Waals surface area contributed by atoms with Crippen molar-refractivity contribution in [1.82, 2.24) is 0 Å². The maximum atomic E-state index is 11.5. The molecule has 0 saturated carbocycles. The van der Waals surface area contributed by atoms with Crippen molar-refractivity contribution in [2.24, 2.45) is 5.92 Å². The van der Waals surface area contributed by atoms with Crippen LogP contribution in [0.25, 0.3) is 0 Å². The zero-order valence-corrected chi connectivity index (χ0v) is 8.85. The third kappa shape index (κ3) is 2.32. The standard InChI is InChI=1S/C14H12O2/c1-2-6-13-10-12(14(15)16-13)9-11-7-4-3-5-8-11/h1,3-8,12H,9-10H2/b13-6+.